The number of anilines is 1. The molecule has 0 aliphatic rings. The number of aliphatic hydroxyl groups is 1. The minimum absolute atomic E-state index is 0.0958. The molecule has 0 unspecified atom stereocenters. The lowest BCUT2D eigenvalue weighted by Crippen LogP contribution is -2.24. The molecule has 0 bridgehead atoms. The van der Waals surface area contributed by atoms with Crippen LogP contribution in [0, 0.1) is 0 Å². The average molecular weight is 321 g/mol. The molecule has 0 saturated carbocycles. The summed E-state index contributed by atoms with van der Waals surface area (Å²) in [5.41, 5.74) is 3.61. The predicted octanol–water partition coefficient (Wildman–Crippen LogP) is 3.14. The number of aromatic nitrogens is 2. The molecule has 4 heteroatoms. The largest absolute Gasteiger partial charge is 0.394 e. The van der Waals surface area contributed by atoms with Crippen molar-refractivity contribution in [2.45, 2.75) is 25.4 Å². The highest BCUT2D eigenvalue weighted by molar-refractivity contribution is 5.40. The third kappa shape index (κ3) is 4.70. The van der Waals surface area contributed by atoms with Gasteiger partial charge in [-0.25, -0.2) is 0 Å². The molecule has 24 heavy (non-hydrogen) atoms. The highest BCUT2D eigenvalue weighted by Gasteiger charge is 2.12. The maximum absolute atomic E-state index is 9.02. The van der Waals surface area contributed by atoms with Crippen molar-refractivity contribution in [1.82, 2.24) is 9.78 Å². The quantitative estimate of drug-likeness (QED) is 0.670. The number of nitrogens with one attached hydrogen (secondary N) is 1. The van der Waals surface area contributed by atoms with E-state index in [0.29, 0.717) is 6.54 Å². The van der Waals surface area contributed by atoms with Gasteiger partial charge in [-0.3, -0.25) is 4.68 Å². The van der Waals surface area contributed by atoms with E-state index in [0.717, 1.165) is 18.5 Å². The van der Waals surface area contributed by atoms with Gasteiger partial charge in [0.2, 0.25) is 0 Å². The second-order valence-electron chi connectivity index (χ2n) is 5.94. The van der Waals surface area contributed by atoms with Crippen LogP contribution >= 0.6 is 0 Å². The van der Waals surface area contributed by atoms with Crippen LogP contribution in [0.15, 0.2) is 73.1 Å². The van der Waals surface area contributed by atoms with Crippen LogP contribution in [0.25, 0.3) is 0 Å². The molecule has 124 valence electrons. The lowest BCUT2D eigenvalue weighted by Gasteiger charge is -2.19. The summed E-state index contributed by atoms with van der Waals surface area (Å²) in [4.78, 5) is 0. The summed E-state index contributed by atoms with van der Waals surface area (Å²) >= 11 is 0. The van der Waals surface area contributed by atoms with Crippen LogP contribution in [0.4, 0.5) is 5.69 Å². The van der Waals surface area contributed by atoms with E-state index in [2.05, 4.69) is 58.9 Å². The van der Waals surface area contributed by atoms with Gasteiger partial charge >= 0.3 is 0 Å². The molecule has 1 heterocycles. The molecule has 0 saturated heterocycles. The number of hydrogen-bond donors (Lipinski definition) is 2. The zero-order valence-electron chi connectivity index (χ0n) is 13.7. The standard InChI is InChI=1S/C20H23N3O/c24-12-11-23-16-20(15-21-23)22-19(13-17-7-3-1-4-8-17)14-18-9-5-2-6-10-18/h1-10,15-16,19,22,24H,11-14H2. The van der Waals surface area contributed by atoms with Crippen molar-refractivity contribution in [3.8, 4) is 0 Å². The van der Waals surface area contributed by atoms with Crippen LogP contribution in [-0.2, 0) is 19.4 Å². The minimum Gasteiger partial charge on any atom is -0.394 e. The Balaban J connectivity index is 1.73. The first-order chi connectivity index (χ1) is 11.8. The third-order valence-corrected chi connectivity index (χ3v) is 3.98. The van der Waals surface area contributed by atoms with Gasteiger partial charge in [0.15, 0.2) is 0 Å². The van der Waals surface area contributed by atoms with E-state index < -0.39 is 0 Å². The van der Waals surface area contributed by atoms with Crippen LogP contribution < -0.4 is 5.32 Å². The topological polar surface area (TPSA) is 50.1 Å². The maximum Gasteiger partial charge on any atom is 0.0728 e. The molecular formula is C20H23N3O. The SMILES string of the molecule is OCCn1cc(NC(Cc2ccccc2)Cc2ccccc2)cn1. The van der Waals surface area contributed by atoms with Crippen LogP contribution in [-0.4, -0.2) is 27.5 Å². The van der Waals surface area contributed by atoms with Crippen LogP contribution in [0.2, 0.25) is 0 Å². The van der Waals surface area contributed by atoms with Gasteiger partial charge in [-0.05, 0) is 24.0 Å². The first-order valence-electron chi connectivity index (χ1n) is 8.31. The van der Waals surface area contributed by atoms with Gasteiger partial charge in [0.05, 0.1) is 25.0 Å². The van der Waals surface area contributed by atoms with Gasteiger partial charge in [0.25, 0.3) is 0 Å². The molecular weight excluding hydrogens is 298 g/mol. The van der Waals surface area contributed by atoms with E-state index in [1.54, 1.807) is 4.68 Å². The highest BCUT2D eigenvalue weighted by atomic mass is 16.3. The van der Waals surface area contributed by atoms with Gasteiger partial charge in [-0.15, -0.1) is 0 Å². The first-order valence-corrected chi connectivity index (χ1v) is 8.31. The van der Waals surface area contributed by atoms with Crippen molar-refractivity contribution >= 4 is 5.69 Å². The van der Waals surface area contributed by atoms with Gasteiger partial charge in [-0.1, -0.05) is 60.7 Å². The molecule has 3 aromatic rings. The first kappa shape index (κ1) is 16.3. The molecule has 0 atom stereocenters. The minimum atomic E-state index is 0.0958. The van der Waals surface area contributed by atoms with Gasteiger partial charge < -0.3 is 10.4 Å². The van der Waals surface area contributed by atoms with E-state index in [-0.39, 0.29) is 12.6 Å². The van der Waals surface area contributed by atoms with Gasteiger partial charge in [-0.2, -0.15) is 5.10 Å². The molecule has 0 amide bonds. The van der Waals surface area contributed by atoms with Crippen LogP contribution in [0.1, 0.15) is 11.1 Å². The smallest absolute Gasteiger partial charge is 0.0728 e. The summed E-state index contributed by atoms with van der Waals surface area (Å²) in [5.74, 6) is 0. The summed E-state index contributed by atoms with van der Waals surface area (Å²) in [7, 11) is 0. The molecule has 2 aromatic carbocycles. The second kappa shape index (κ2) is 8.31. The van der Waals surface area contributed by atoms with Crippen LogP contribution in [0.5, 0.6) is 0 Å². The zero-order valence-corrected chi connectivity index (χ0v) is 13.7. The Hall–Kier alpha value is -2.59. The maximum atomic E-state index is 9.02. The summed E-state index contributed by atoms with van der Waals surface area (Å²) in [5, 5.41) is 16.9. The van der Waals surface area contributed by atoms with E-state index >= 15 is 0 Å². The monoisotopic (exact) mass is 321 g/mol. The average Bonchev–Trinajstić information content (AvgIpc) is 3.04. The van der Waals surface area contributed by atoms with E-state index in [1.165, 1.54) is 11.1 Å². The lowest BCUT2D eigenvalue weighted by atomic mass is 9.99. The number of aliphatic hydroxyl groups excluding tert-OH is 1. The fourth-order valence-electron chi connectivity index (χ4n) is 2.87. The van der Waals surface area contributed by atoms with Gasteiger partial charge in [0.1, 0.15) is 0 Å². The van der Waals surface area contributed by atoms with Crippen molar-refractivity contribution in [1.29, 1.82) is 0 Å². The van der Waals surface area contributed by atoms with Crippen molar-refractivity contribution in [3.05, 3.63) is 84.2 Å². The summed E-state index contributed by atoms with van der Waals surface area (Å²) in [6.07, 6.45) is 5.65. The Labute approximate surface area is 142 Å². The Morgan fingerprint density at radius 3 is 2.04 bits per heavy atom. The molecule has 1 aromatic heterocycles. The normalized spacial score (nSPS) is 10.9. The summed E-state index contributed by atoms with van der Waals surface area (Å²) in [6.45, 7) is 0.613. The Morgan fingerprint density at radius 1 is 0.917 bits per heavy atom. The highest BCUT2D eigenvalue weighted by Crippen LogP contribution is 2.15. The molecule has 0 aliphatic carbocycles. The molecule has 4 nitrogen and oxygen atoms in total. The Kier molecular flexibility index (Phi) is 5.64. The van der Waals surface area contributed by atoms with E-state index in [4.69, 9.17) is 5.11 Å². The van der Waals surface area contributed by atoms with E-state index in [1.807, 2.05) is 24.5 Å². The predicted molar refractivity (Wildman–Crippen MR) is 97.0 cm³/mol. The van der Waals surface area contributed by atoms with E-state index in [9.17, 15) is 0 Å². The van der Waals surface area contributed by atoms with Crippen molar-refractivity contribution in [2.75, 3.05) is 11.9 Å². The molecule has 0 radical (unpaired) electrons. The molecule has 0 fully saturated rings. The Morgan fingerprint density at radius 2 is 1.50 bits per heavy atom. The molecule has 2 N–H and O–H groups in total. The van der Waals surface area contributed by atoms with Crippen molar-refractivity contribution in [3.63, 3.8) is 0 Å². The molecule has 0 aliphatic heterocycles. The summed E-state index contributed by atoms with van der Waals surface area (Å²) < 4.78 is 1.75. The summed E-state index contributed by atoms with van der Waals surface area (Å²) in [6, 6.07) is 21.3. The van der Waals surface area contributed by atoms with Gasteiger partial charge in [0, 0.05) is 12.2 Å². The fraction of sp³-hybridized carbons (Fsp3) is 0.250. The number of hydrogen-bond acceptors (Lipinski definition) is 3. The number of nitrogens with zero attached hydrogens (tertiary/aromatic N) is 2. The number of benzene rings is 2. The molecule has 0 spiro atoms. The third-order valence-electron chi connectivity index (χ3n) is 3.98. The second-order valence-corrected chi connectivity index (χ2v) is 5.94. The fourth-order valence-corrected chi connectivity index (χ4v) is 2.87. The van der Waals surface area contributed by atoms with Crippen molar-refractivity contribution in [2.24, 2.45) is 0 Å². The number of rotatable bonds is 8. The zero-order chi connectivity index (χ0) is 16.6. The Bertz CT molecular complexity index is 683. The van der Waals surface area contributed by atoms with Crippen molar-refractivity contribution < 1.29 is 5.11 Å². The lowest BCUT2D eigenvalue weighted by molar-refractivity contribution is 0.269. The molecule has 3 rings (SSSR count). The van der Waals surface area contributed by atoms with Crippen LogP contribution in [0.3, 0.4) is 0 Å².